The van der Waals surface area contributed by atoms with Crippen LogP contribution in [0.25, 0.3) is 0 Å². The quantitative estimate of drug-likeness (QED) is 0.124. The van der Waals surface area contributed by atoms with E-state index in [1.807, 2.05) is 110 Å². The number of aliphatic imine (C=N–C) groups is 4. The van der Waals surface area contributed by atoms with Gasteiger partial charge in [-0.3, -0.25) is 44.6 Å². The summed E-state index contributed by atoms with van der Waals surface area (Å²) in [6.45, 7) is 12.9. The molecule has 4 atom stereocenters. The van der Waals surface area contributed by atoms with Crippen molar-refractivity contribution in [2.75, 3.05) is 125 Å². The lowest BCUT2D eigenvalue weighted by Crippen LogP contribution is -2.45. The van der Waals surface area contributed by atoms with Crippen molar-refractivity contribution in [2.45, 2.75) is 179 Å². The van der Waals surface area contributed by atoms with E-state index < -0.39 is 11.6 Å². The van der Waals surface area contributed by atoms with Gasteiger partial charge in [-0.2, -0.15) is 10.4 Å². The molecule has 35 heteroatoms. The maximum Gasteiger partial charge on any atom is 0.213 e. The molecule has 12 aromatic rings. The molecule has 0 radical (unpaired) electrons. The topological polar surface area (TPSA) is 398 Å². The molecular formula is C107H114F2N32O. The normalized spacial score (nSPS) is 21.9. The van der Waals surface area contributed by atoms with Crippen LogP contribution in [0.1, 0.15) is 220 Å². The lowest BCUT2D eigenvalue weighted by atomic mass is 9.73. The average Bonchev–Trinajstić information content (AvgIpc) is 1.60. The average molecular weight is 1900 g/mol. The molecule has 142 heavy (non-hydrogen) atoms. The number of halogens is 2. The number of methoxy groups -OCH3 is 1. The molecule has 10 aromatic heterocycles. The SMILES string of the molecule is COc1ccc2c(n1)CC1(CCN(c3cnc4c(n3)CN=C4N3CCCc4ncccc43)CC1)[C@@H]2N.Cn1ncc2c1CC1(CCN(c3cnc4c(n3)CN=C4N3CCCc4ncccc43)CC1)[C@@H]2N.N#Cc1ccc2c(c1)CC1(CCN(c3cnc4c(n3)CN=C4N3CCCc4ncccc43)CC1)[C@@H]2N.N[C@@H]1c2cc(F)cc(F)c2CC12CCN(c1cnc3c(n1)CN=C3N1CCCc3ncccc31)CC2. The minimum absolute atomic E-state index is 0.0111. The van der Waals surface area contributed by atoms with Crippen LogP contribution in [0, 0.1) is 44.6 Å². The molecule has 0 saturated carbocycles. The third-order valence-electron chi connectivity index (χ3n) is 33.7. The minimum atomic E-state index is -0.560. The number of benzene rings is 2. The molecule has 22 heterocycles. The molecule has 8 N–H and O–H groups in total. The van der Waals surface area contributed by atoms with Crippen LogP contribution in [0.3, 0.4) is 0 Å². The van der Waals surface area contributed by atoms with E-state index >= 15 is 0 Å². The molecule has 2 aromatic carbocycles. The molecule has 33 nitrogen and oxygen atoms in total. The minimum Gasteiger partial charge on any atom is -0.481 e. The summed E-state index contributed by atoms with van der Waals surface area (Å²) in [5.74, 6) is 6.93. The number of piperidine rings is 4. The van der Waals surface area contributed by atoms with Crippen LogP contribution in [0.4, 0.5) is 54.8 Å². The first-order chi connectivity index (χ1) is 69.4. The van der Waals surface area contributed by atoms with Gasteiger partial charge in [0.2, 0.25) is 5.88 Å². The van der Waals surface area contributed by atoms with E-state index in [-0.39, 0.29) is 45.8 Å². The summed E-state index contributed by atoms with van der Waals surface area (Å²) in [5.41, 5.74) is 52.3. The van der Waals surface area contributed by atoms with Crippen LogP contribution in [0.15, 0.2) is 167 Å². The zero-order valence-corrected chi connectivity index (χ0v) is 80.1. The van der Waals surface area contributed by atoms with Crippen molar-refractivity contribution in [3.8, 4) is 11.9 Å². The Morgan fingerprint density at radius 2 is 0.739 bits per heavy atom. The van der Waals surface area contributed by atoms with E-state index in [9.17, 15) is 14.0 Å². The first-order valence-electron chi connectivity index (χ1n) is 50.5. The monoisotopic (exact) mass is 1900 g/mol. The molecule has 0 amide bonds. The number of nitriles is 1. The van der Waals surface area contributed by atoms with Gasteiger partial charge in [0.25, 0.3) is 0 Å². The molecule has 4 aliphatic carbocycles. The third kappa shape index (κ3) is 15.4. The Balaban J connectivity index is 0.0000000995. The zero-order chi connectivity index (χ0) is 95.9. The Labute approximate surface area is 822 Å². The maximum absolute atomic E-state index is 14.4. The molecule has 12 aliphatic heterocycles. The number of nitrogens with two attached hydrogens (primary N) is 4. The van der Waals surface area contributed by atoms with E-state index in [0.29, 0.717) is 49.6 Å². The van der Waals surface area contributed by atoms with Crippen molar-refractivity contribution in [1.29, 1.82) is 5.26 Å². The smallest absolute Gasteiger partial charge is 0.213 e. The Hall–Kier alpha value is -14.2. The summed E-state index contributed by atoms with van der Waals surface area (Å²) >= 11 is 0. The molecule has 4 spiro atoms. The summed E-state index contributed by atoms with van der Waals surface area (Å²) in [4.78, 5) is 100. The maximum atomic E-state index is 14.4. The molecule has 722 valence electrons. The van der Waals surface area contributed by atoms with Crippen molar-refractivity contribution in [1.82, 2.24) is 74.6 Å². The first-order valence-corrected chi connectivity index (χ1v) is 50.5. The Morgan fingerprint density at radius 3 is 1.13 bits per heavy atom. The number of pyridine rings is 5. The van der Waals surface area contributed by atoms with Crippen LogP contribution in [-0.2, 0) is 84.6 Å². The van der Waals surface area contributed by atoms with Gasteiger partial charge in [-0.25, -0.2) is 53.6 Å². The van der Waals surface area contributed by atoms with Gasteiger partial charge in [0, 0.05) is 164 Å². The highest BCUT2D eigenvalue weighted by Gasteiger charge is 2.53. The fraction of sp³-hybridized carbons (Fsp3) is 0.430. The first kappa shape index (κ1) is 89.2. The molecular weight excluding hydrogens is 1790 g/mol. The summed E-state index contributed by atoms with van der Waals surface area (Å²) in [7, 11) is 3.68. The summed E-state index contributed by atoms with van der Waals surface area (Å²) in [6.07, 6.45) is 36.4. The summed E-state index contributed by atoms with van der Waals surface area (Å²) < 4.78 is 35.6. The van der Waals surface area contributed by atoms with Crippen LogP contribution < -0.4 is 66.9 Å². The van der Waals surface area contributed by atoms with Gasteiger partial charge in [-0.05, 0) is 245 Å². The highest BCUT2D eigenvalue weighted by molar-refractivity contribution is 6.13. The second kappa shape index (κ2) is 35.8. The van der Waals surface area contributed by atoms with Gasteiger partial charge in [0.1, 0.15) is 57.7 Å². The largest absolute Gasteiger partial charge is 0.481 e. The van der Waals surface area contributed by atoms with Gasteiger partial charge in [0.05, 0.1) is 144 Å². The number of aryl methyl sites for hydroxylation is 5. The molecule has 0 bridgehead atoms. The van der Waals surface area contributed by atoms with Crippen LogP contribution >= 0.6 is 0 Å². The number of hydrogen-bond donors (Lipinski definition) is 4. The Bertz CT molecular complexity index is 7180. The van der Waals surface area contributed by atoms with Crippen molar-refractivity contribution >= 4 is 69.4 Å². The predicted octanol–water partition coefficient (Wildman–Crippen LogP) is 12.0. The lowest BCUT2D eigenvalue weighted by molar-refractivity contribution is 0.184. The second-order valence-corrected chi connectivity index (χ2v) is 41.1. The molecule has 0 unspecified atom stereocenters. The number of nitrogens with zero attached hydrogens (tertiary/aromatic N) is 28. The Morgan fingerprint density at radius 1 is 0.373 bits per heavy atom. The van der Waals surface area contributed by atoms with E-state index in [2.05, 4.69) is 112 Å². The summed E-state index contributed by atoms with van der Waals surface area (Å²) in [6, 6.07) is 30.8. The van der Waals surface area contributed by atoms with E-state index in [4.69, 9.17) is 87.5 Å². The van der Waals surface area contributed by atoms with E-state index in [0.717, 1.165) is 356 Å². The van der Waals surface area contributed by atoms with Crippen molar-refractivity contribution in [3.63, 3.8) is 0 Å². The van der Waals surface area contributed by atoms with Crippen LogP contribution in [-0.4, -0.2) is 184 Å². The van der Waals surface area contributed by atoms with Gasteiger partial charge in [-0.1, -0.05) is 12.1 Å². The van der Waals surface area contributed by atoms with Crippen LogP contribution in [0.2, 0.25) is 0 Å². The van der Waals surface area contributed by atoms with Gasteiger partial charge >= 0.3 is 0 Å². The predicted molar refractivity (Wildman–Crippen MR) is 538 cm³/mol. The second-order valence-electron chi connectivity index (χ2n) is 41.1. The number of amidine groups is 4. The number of rotatable bonds is 5. The highest BCUT2D eigenvalue weighted by atomic mass is 19.1. The van der Waals surface area contributed by atoms with Gasteiger partial charge < -0.3 is 66.9 Å². The third-order valence-corrected chi connectivity index (χ3v) is 33.7. The molecule has 4 saturated heterocycles. The van der Waals surface area contributed by atoms with Crippen molar-refractivity contribution < 1.29 is 13.5 Å². The molecule has 28 rings (SSSR count). The van der Waals surface area contributed by atoms with Gasteiger partial charge in [0.15, 0.2) is 23.3 Å². The van der Waals surface area contributed by atoms with E-state index in [1.165, 1.54) is 34.0 Å². The zero-order valence-electron chi connectivity index (χ0n) is 80.1. The Kier molecular flexibility index (Phi) is 22.5. The van der Waals surface area contributed by atoms with Crippen LogP contribution in [0.5, 0.6) is 5.88 Å². The summed E-state index contributed by atoms with van der Waals surface area (Å²) in [5, 5.41) is 13.7. The number of fused-ring (bicyclic) bond motifs is 12. The van der Waals surface area contributed by atoms with Crippen molar-refractivity contribution in [2.24, 2.45) is 71.6 Å². The van der Waals surface area contributed by atoms with E-state index in [1.54, 1.807) is 7.11 Å². The lowest BCUT2D eigenvalue weighted by Gasteiger charge is -2.42. The molecule has 4 fully saturated rings. The number of anilines is 8. The number of aromatic nitrogens is 15. The molecule has 16 aliphatic rings. The van der Waals surface area contributed by atoms with Gasteiger partial charge in [-0.15, -0.1) is 0 Å². The number of hydrogen-bond acceptors (Lipinski definition) is 32. The van der Waals surface area contributed by atoms with Crippen molar-refractivity contribution in [3.05, 3.63) is 277 Å². The highest BCUT2D eigenvalue weighted by Crippen LogP contribution is 2.57. The fourth-order valence-corrected chi connectivity index (χ4v) is 25.7. The number of ether oxygens (including phenoxy) is 1. The fourth-order valence-electron chi connectivity index (χ4n) is 25.7. The standard InChI is InChI=1S/C28H28N8.C27H27F2N7.C27H30N8O.C25H29N9/c29-15-18-5-6-20-19(13-18)14-28(26(20)30)7-11-35(12-8-28)24-17-32-25-22(34-24)16-33-27(25)36-10-2-3-21-23(36)4-1-9-31-21;28-16-11-17-18(19(29)12-16)13-27(25(17)30)5-9-35(10-6-27)23-15-32-24-21(34-23)14-33-26(24)36-8-2-3-20-22(36)4-1-7-31-20;1-36-23-7-6-17-19(33-23)14-27(25(17)28)8-12-34(13-9-27)22-16-30-24-20(32-22)15-31-26(24)35-11-3-4-18-21(35)5-2-10-29-18;1-32-20-12-25(23(26)16(20)13-30-32)6-10-33(11-7-25)21-15-28-22-18(31-21)14-29-24(22)34-9-3-4-17-19(34)5-2-8-27-17/h1,4-6,9,13,17,26H,2-3,7-8,10-12,14,16,30H2;1,4,7,11-12,15,25H,2-3,5-6,8-10,13-14,30H2;2,5-7,10,16,25H,3-4,8-9,11-15,28H2,1H3;2,5,8,13,15,23H,3-4,6-7,9-12,14,26H2,1H3/t26-;2*25-;23-/m1111/s1.